The van der Waals surface area contributed by atoms with Crippen LogP contribution in [0.1, 0.15) is 155 Å². The van der Waals surface area contributed by atoms with Gasteiger partial charge in [-0.2, -0.15) is 0 Å². The summed E-state index contributed by atoms with van der Waals surface area (Å²) in [4.78, 5) is 83.1. The molecule has 4 aliphatic heterocycles. The first-order valence-corrected chi connectivity index (χ1v) is 20.6. The Morgan fingerprint density at radius 2 is 1.28 bits per heavy atom. The molecule has 60 heavy (non-hydrogen) atoms. The molecule has 0 aromatic rings. The summed E-state index contributed by atoms with van der Waals surface area (Å²) in [6, 6.07) is 0. The summed E-state index contributed by atoms with van der Waals surface area (Å²) < 4.78 is 41.1. The quantitative estimate of drug-likeness (QED) is 0.123. The van der Waals surface area contributed by atoms with Gasteiger partial charge < -0.3 is 33.2 Å². The second kappa shape index (κ2) is 18.3. The van der Waals surface area contributed by atoms with E-state index in [1.807, 2.05) is 0 Å². The highest BCUT2D eigenvalue weighted by Crippen LogP contribution is 2.69. The highest BCUT2D eigenvalue weighted by molar-refractivity contribution is 5.99. The molecule has 6 bridgehead atoms. The topological polar surface area (TPSA) is 167 Å². The third-order valence-electron chi connectivity index (χ3n) is 15.7. The summed E-state index contributed by atoms with van der Waals surface area (Å²) in [5, 5.41) is 0. The first-order chi connectivity index (χ1) is 25.8. The van der Waals surface area contributed by atoms with Gasteiger partial charge in [-0.25, -0.2) is 0 Å². The summed E-state index contributed by atoms with van der Waals surface area (Å²) in [6.45, 7) is 6.81. The van der Waals surface area contributed by atoms with E-state index >= 15 is 4.79 Å². The van der Waals surface area contributed by atoms with E-state index in [4.69, 9.17) is 33.2 Å². The number of ether oxygens (including phenoxy) is 7. The van der Waals surface area contributed by atoms with Crippen molar-refractivity contribution in [3.05, 3.63) is 0 Å². The van der Waals surface area contributed by atoms with E-state index in [0.29, 0.717) is 51.9 Å². The summed E-state index contributed by atoms with van der Waals surface area (Å²) in [7, 11) is 0. The van der Waals surface area contributed by atoms with Gasteiger partial charge in [0.05, 0.1) is 53.8 Å². The lowest BCUT2D eigenvalue weighted by atomic mass is 9.42. The average Bonchev–Trinajstić information content (AvgIpc) is 3.85. The molecule has 0 aromatic heterocycles. The molecule has 6 aliphatic carbocycles. The molecule has 344 valence electrons. The number of hydrogen-bond donors (Lipinski definition) is 0. The molecule has 13 nitrogen and oxygen atoms in total. The molecule has 6 saturated carbocycles. The van der Waals surface area contributed by atoms with Crippen molar-refractivity contribution in [3.8, 4) is 0 Å². The number of hydrogen-bond acceptors (Lipinski definition) is 13. The Hall–Kier alpha value is -3.06. The van der Waals surface area contributed by atoms with Gasteiger partial charge in [0.2, 0.25) is 12.6 Å². The molecule has 4 heterocycles. The highest BCUT2D eigenvalue weighted by atomic mass is 16.7. The maximum absolute atomic E-state index is 15.2. The minimum absolute atomic E-state index is 0. The van der Waals surface area contributed by atoms with Crippen LogP contribution in [0.3, 0.4) is 0 Å². The van der Waals surface area contributed by atoms with Crippen molar-refractivity contribution in [3.63, 3.8) is 0 Å². The second-order valence-electron chi connectivity index (χ2n) is 19.1. The average molecular weight is 851 g/mol. The lowest BCUT2D eigenvalue weighted by Crippen LogP contribution is -2.66. The molecular weight excluding hydrogens is 773 g/mol. The first kappa shape index (κ1) is 51.3. The van der Waals surface area contributed by atoms with Crippen molar-refractivity contribution >= 4 is 35.8 Å². The Kier molecular flexibility index (Phi) is 15.7. The van der Waals surface area contributed by atoms with E-state index in [-0.39, 0.29) is 118 Å². The van der Waals surface area contributed by atoms with Crippen molar-refractivity contribution in [2.45, 2.75) is 173 Å². The van der Waals surface area contributed by atoms with Crippen LogP contribution >= 0.6 is 0 Å². The number of rotatable bonds is 9. The molecule has 0 spiro atoms. The maximum Gasteiger partial charge on any atom is 0.318 e. The Balaban J connectivity index is 0.00000160. The van der Waals surface area contributed by atoms with Crippen molar-refractivity contribution in [2.75, 3.05) is 19.8 Å². The van der Waals surface area contributed by atoms with E-state index < -0.39 is 76.1 Å². The Morgan fingerprint density at radius 1 is 0.717 bits per heavy atom. The maximum atomic E-state index is 15.2. The lowest BCUT2D eigenvalue weighted by Gasteiger charge is -2.63. The molecule has 0 N–H and O–H groups in total. The third-order valence-corrected chi connectivity index (χ3v) is 15.7. The predicted octanol–water partition coefficient (Wildman–Crippen LogP) is 8.62. The fraction of sp³-hybridized carbons (Fsp3) is 0.872. The SMILES string of the molecule is C.C.C.C.C.C.CC1C(=O)OC(=O)C1C(C)(CC1C(C)C2CC1C1COC(=O)C21)C(=O)OC12CC3CC(C(=O)OC4CCCCO4)(C1)CC(C(=O)OC1CCCCO1)(C3)C2. The Bertz CT molecular complexity index is 1560. The zero-order chi connectivity index (χ0) is 37.8. The van der Waals surface area contributed by atoms with Gasteiger partial charge in [0.25, 0.3) is 0 Å². The molecule has 4 saturated heterocycles. The first-order valence-electron chi connectivity index (χ1n) is 20.6. The Morgan fingerprint density at radius 3 is 1.78 bits per heavy atom. The van der Waals surface area contributed by atoms with Gasteiger partial charge in [-0.05, 0) is 101 Å². The molecule has 10 aliphatic rings. The molecule has 13 unspecified atom stereocenters. The molecule has 13 atom stereocenters. The highest BCUT2D eigenvalue weighted by Gasteiger charge is 2.72. The minimum Gasteiger partial charge on any atom is -0.465 e. The van der Waals surface area contributed by atoms with Gasteiger partial charge in [-0.3, -0.25) is 28.8 Å². The summed E-state index contributed by atoms with van der Waals surface area (Å²) in [5.74, 6) is -4.95. The summed E-state index contributed by atoms with van der Waals surface area (Å²) >= 11 is 0. The van der Waals surface area contributed by atoms with Crippen LogP contribution in [0.4, 0.5) is 0 Å². The minimum atomic E-state index is -1.47. The van der Waals surface area contributed by atoms with Gasteiger partial charge >= 0.3 is 35.8 Å². The molecule has 13 heteroatoms. The normalized spacial score (nSPS) is 42.4. The van der Waals surface area contributed by atoms with E-state index in [0.717, 1.165) is 32.1 Å². The molecule has 0 radical (unpaired) electrons. The van der Waals surface area contributed by atoms with Gasteiger partial charge in [-0.1, -0.05) is 58.4 Å². The largest absolute Gasteiger partial charge is 0.465 e. The van der Waals surface area contributed by atoms with E-state index in [1.54, 1.807) is 13.8 Å². The number of carbonyl (C=O) groups is 6. The smallest absolute Gasteiger partial charge is 0.318 e. The van der Waals surface area contributed by atoms with Crippen LogP contribution in [0.2, 0.25) is 0 Å². The summed E-state index contributed by atoms with van der Waals surface area (Å²) in [5.41, 5.74) is -4.91. The van der Waals surface area contributed by atoms with E-state index in [9.17, 15) is 24.0 Å². The third kappa shape index (κ3) is 8.05. The molecule has 10 fully saturated rings. The number of carbonyl (C=O) groups excluding carboxylic acids is 6. The number of esters is 6. The van der Waals surface area contributed by atoms with Crippen molar-refractivity contribution < 1.29 is 61.9 Å². The predicted molar refractivity (Wildman–Crippen MR) is 223 cm³/mol. The van der Waals surface area contributed by atoms with Crippen LogP contribution in [0.15, 0.2) is 0 Å². The number of cyclic esters (lactones) is 3. The standard InChI is InChI=1S/C41H54O13.6CH4/c1-21-24-12-25(27-17-50-33(43)30(24)27)26(21)16-38(3,31-22(2)32(42)53-34(31)44)35(45)54-41-15-23-13-39(19-41,36(46)51-28-8-4-6-10-48-28)18-40(14-23,20-41)37(47)52-29-9-5-7-11-49-29;;;;;;/h21-31H,4-20H2,1-3H3;6*1H4. The monoisotopic (exact) mass is 851 g/mol. The van der Waals surface area contributed by atoms with Crippen molar-refractivity contribution in [1.29, 1.82) is 0 Å². The van der Waals surface area contributed by atoms with E-state index in [2.05, 4.69) is 6.92 Å². The van der Waals surface area contributed by atoms with Gasteiger partial charge in [-0.15, -0.1) is 0 Å². The van der Waals surface area contributed by atoms with Crippen LogP contribution in [0.5, 0.6) is 0 Å². The lowest BCUT2D eigenvalue weighted by molar-refractivity contribution is -0.255. The fourth-order valence-corrected chi connectivity index (χ4v) is 13.7. The fourth-order valence-electron chi connectivity index (χ4n) is 13.7. The summed E-state index contributed by atoms with van der Waals surface area (Å²) in [6.07, 6.45) is 6.51. The van der Waals surface area contributed by atoms with Crippen LogP contribution in [-0.4, -0.2) is 73.8 Å². The zero-order valence-electron chi connectivity index (χ0n) is 31.7. The van der Waals surface area contributed by atoms with Crippen molar-refractivity contribution in [1.82, 2.24) is 0 Å². The van der Waals surface area contributed by atoms with Crippen LogP contribution in [0.25, 0.3) is 0 Å². The van der Waals surface area contributed by atoms with Gasteiger partial charge in [0, 0.05) is 31.6 Å². The van der Waals surface area contributed by atoms with Gasteiger partial charge in [0.15, 0.2) is 0 Å². The van der Waals surface area contributed by atoms with Crippen molar-refractivity contribution in [2.24, 2.45) is 69.5 Å². The van der Waals surface area contributed by atoms with Crippen LogP contribution < -0.4 is 0 Å². The van der Waals surface area contributed by atoms with E-state index in [1.165, 1.54) is 0 Å². The van der Waals surface area contributed by atoms with Crippen LogP contribution in [-0.2, 0) is 61.9 Å². The number of fused-ring (bicyclic) bond motifs is 5. The van der Waals surface area contributed by atoms with Gasteiger partial charge in [0.1, 0.15) is 5.60 Å². The zero-order valence-corrected chi connectivity index (χ0v) is 31.7. The second-order valence-corrected chi connectivity index (χ2v) is 19.1. The molecule has 10 rings (SSSR count). The molecule has 0 aromatic carbocycles. The molecule has 0 amide bonds. The molecular formula is C47H78O13. The van der Waals surface area contributed by atoms with Crippen LogP contribution in [0, 0.1) is 69.5 Å². The Labute approximate surface area is 359 Å².